The van der Waals surface area contributed by atoms with Crippen LogP contribution in [0.4, 0.5) is 0 Å². The number of carbonyl (C=O) groups excluding carboxylic acids is 1. The van der Waals surface area contributed by atoms with Gasteiger partial charge in [0.05, 0.1) is 12.8 Å². The fourth-order valence-electron chi connectivity index (χ4n) is 2.28. The number of nitrogens with zero attached hydrogens (tertiary/aromatic N) is 1. The number of aromatic nitrogens is 1. The van der Waals surface area contributed by atoms with Crippen LogP contribution in [0, 0.1) is 5.92 Å². The van der Waals surface area contributed by atoms with Crippen LogP contribution in [0.25, 0.3) is 0 Å². The molecule has 1 aromatic heterocycles. The summed E-state index contributed by atoms with van der Waals surface area (Å²) in [6.45, 7) is 4.35. The van der Waals surface area contributed by atoms with Crippen molar-refractivity contribution in [3.8, 4) is 5.75 Å². The van der Waals surface area contributed by atoms with Gasteiger partial charge in [-0.15, -0.1) is 0 Å². The van der Waals surface area contributed by atoms with E-state index < -0.39 is 17.9 Å². The maximum absolute atomic E-state index is 12.2. The lowest BCUT2D eigenvalue weighted by molar-refractivity contribution is -0.140. The van der Waals surface area contributed by atoms with Gasteiger partial charge in [0.2, 0.25) is 0 Å². The lowest BCUT2D eigenvalue weighted by Gasteiger charge is -2.21. The average Bonchev–Trinajstić information content (AvgIpc) is 2.50. The molecule has 0 unspecified atom stereocenters. The monoisotopic (exact) mass is 292 g/mol. The number of carboxylic acids is 1. The highest BCUT2D eigenvalue weighted by Gasteiger charge is 2.26. The number of carboxylic acid groups (broad SMARTS) is 1. The molecular weight excluding hydrogens is 272 g/mol. The number of ether oxygens (including phenoxy) is 1. The van der Waals surface area contributed by atoms with Gasteiger partial charge >= 0.3 is 5.97 Å². The Balaban J connectivity index is 2.14. The molecule has 1 aliphatic heterocycles. The zero-order chi connectivity index (χ0) is 15.4. The van der Waals surface area contributed by atoms with Crippen molar-refractivity contribution in [2.75, 3.05) is 6.61 Å². The fraction of sp³-hybridized carbons (Fsp3) is 0.533. The Labute approximate surface area is 123 Å². The Morgan fingerprint density at radius 1 is 1.52 bits per heavy atom. The second kappa shape index (κ2) is 6.56. The van der Waals surface area contributed by atoms with Gasteiger partial charge in [-0.05, 0) is 30.4 Å². The minimum atomic E-state index is -1.03. The number of hydrogen-bond acceptors (Lipinski definition) is 4. The van der Waals surface area contributed by atoms with Crippen LogP contribution in [0.2, 0.25) is 0 Å². The highest BCUT2D eigenvalue weighted by atomic mass is 16.5. The van der Waals surface area contributed by atoms with Gasteiger partial charge in [-0.2, -0.15) is 0 Å². The molecule has 0 saturated carbocycles. The number of fused-ring (bicyclic) bond motifs is 1. The molecule has 1 aliphatic rings. The molecule has 0 saturated heterocycles. The lowest BCUT2D eigenvalue weighted by atomic mass is 9.99. The summed E-state index contributed by atoms with van der Waals surface area (Å²) in [7, 11) is 0. The Bertz CT molecular complexity index is 544. The molecule has 0 spiro atoms. The van der Waals surface area contributed by atoms with Gasteiger partial charge in [0.1, 0.15) is 17.5 Å². The molecular formula is C15H20N2O4. The minimum Gasteiger partial charge on any atom is -0.492 e. The molecule has 114 valence electrons. The molecule has 2 heterocycles. The van der Waals surface area contributed by atoms with Crippen molar-refractivity contribution in [3.05, 3.63) is 23.5 Å². The molecule has 6 heteroatoms. The molecule has 1 amide bonds. The summed E-state index contributed by atoms with van der Waals surface area (Å²) in [6.07, 6.45) is 3.94. The van der Waals surface area contributed by atoms with E-state index in [1.165, 1.54) is 6.20 Å². The highest BCUT2D eigenvalue weighted by Crippen LogP contribution is 2.24. The maximum Gasteiger partial charge on any atom is 0.326 e. The van der Waals surface area contributed by atoms with Crippen LogP contribution in [0.1, 0.15) is 42.7 Å². The number of pyridine rings is 1. The van der Waals surface area contributed by atoms with E-state index in [0.717, 1.165) is 18.4 Å². The summed E-state index contributed by atoms with van der Waals surface area (Å²) < 4.78 is 5.44. The number of aliphatic carboxylic acids is 1. The number of carbonyl (C=O) groups is 2. The molecule has 2 rings (SSSR count). The fourth-order valence-corrected chi connectivity index (χ4v) is 2.28. The van der Waals surface area contributed by atoms with Crippen molar-refractivity contribution in [2.45, 2.75) is 39.2 Å². The summed E-state index contributed by atoms with van der Waals surface area (Å²) in [6, 6.07) is 0.774. The predicted molar refractivity (Wildman–Crippen MR) is 76.4 cm³/mol. The molecule has 21 heavy (non-hydrogen) atoms. The SMILES string of the molecule is CC[C@H](C)[C@H](NC(=O)c1cc2c(cn1)OCCC2)C(=O)O. The second-order valence-corrected chi connectivity index (χ2v) is 5.30. The van der Waals surface area contributed by atoms with E-state index in [2.05, 4.69) is 10.3 Å². The standard InChI is InChI=1S/C15H20N2O4/c1-3-9(2)13(15(19)20)17-14(18)11-7-10-5-4-6-21-12(10)8-16-11/h7-9,13H,3-6H2,1-2H3,(H,17,18)(H,19,20)/t9-,13-/m0/s1. The Morgan fingerprint density at radius 2 is 2.29 bits per heavy atom. The molecule has 2 atom stereocenters. The molecule has 6 nitrogen and oxygen atoms in total. The smallest absolute Gasteiger partial charge is 0.326 e. The predicted octanol–water partition coefficient (Wildman–Crippen LogP) is 1.64. The van der Waals surface area contributed by atoms with Crippen molar-refractivity contribution in [2.24, 2.45) is 5.92 Å². The first-order valence-corrected chi connectivity index (χ1v) is 7.18. The average molecular weight is 292 g/mol. The van der Waals surface area contributed by atoms with Crippen LogP contribution in [-0.2, 0) is 11.2 Å². The van der Waals surface area contributed by atoms with E-state index in [4.69, 9.17) is 4.74 Å². The minimum absolute atomic E-state index is 0.146. The summed E-state index contributed by atoms with van der Waals surface area (Å²) in [4.78, 5) is 27.5. The first-order valence-electron chi connectivity index (χ1n) is 7.18. The number of hydrogen-bond donors (Lipinski definition) is 2. The summed E-state index contributed by atoms with van der Waals surface area (Å²) in [5.41, 5.74) is 1.17. The number of aryl methyl sites for hydroxylation is 1. The maximum atomic E-state index is 12.2. The number of rotatable bonds is 5. The normalized spacial score (nSPS) is 16.3. The van der Waals surface area contributed by atoms with Crippen LogP contribution < -0.4 is 10.1 Å². The first-order chi connectivity index (χ1) is 10.0. The van der Waals surface area contributed by atoms with Crippen LogP contribution in [-0.4, -0.2) is 34.6 Å². The van der Waals surface area contributed by atoms with E-state index in [0.29, 0.717) is 18.8 Å². The van der Waals surface area contributed by atoms with Crippen molar-refractivity contribution >= 4 is 11.9 Å². The quantitative estimate of drug-likeness (QED) is 0.861. The summed E-state index contributed by atoms with van der Waals surface area (Å²) in [5, 5.41) is 11.8. The van der Waals surface area contributed by atoms with Crippen molar-refractivity contribution in [1.82, 2.24) is 10.3 Å². The third-order valence-electron chi connectivity index (χ3n) is 3.79. The molecule has 2 N–H and O–H groups in total. The van der Waals surface area contributed by atoms with E-state index in [1.54, 1.807) is 13.0 Å². The van der Waals surface area contributed by atoms with Crippen LogP contribution >= 0.6 is 0 Å². The van der Waals surface area contributed by atoms with Crippen LogP contribution in [0.5, 0.6) is 5.75 Å². The Hall–Kier alpha value is -2.11. The first kappa shape index (κ1) is 15.3. The van der Waals surface area contributed by atoms with Gasteiger partial charge in [0.25, 0.3) is 5.91 Å². The van der Waals surface area contributed by atoms with Gasteiger partial charge < -0.3 is 15.2 Å². The van der Waals surface area contributed by atoms with Crippen LogP contribution in [0.15, 0.2) is 12.3 Å². The van der Waals surface area contributed by atoms with Gasteiger partial charge in [0.15, 0.2) is 0 Å². The molecule has 0 fully saturated rings. The van der Waals surface area contributed by atoms with E-state index in [1.807, 2.05) is 6.92 Å². The van der Waals surface area contributed by atoms with Gasteiger partial charge in [-0.3, -0.25) is 4.79 Å². The van der Waals surface area contributed by atoms with E-state index in [-0.39, 0.29) is 11.6 Å². The van der Waals surface area contributed by atoms with Crippen molar-refractivity contribution < 1.29 is 19.4 Å². The van der Waals surface area contributed by atoms with Gasteiger partial charge in [-0.1, -0.05) is 20.3 Å². The lowest BCUT2D eigenvalue weighted by Crippen LogP contribution is -2.45. The molecule has 0 aliphatic carbocycles. The Kier molecular flexibility index (Phi) is 4.77. The zero-order valence-corrected chi connectivity index (χ0v) is 12.3. The van der Waals surface area contributed by atoms with Gasteiger partial charge in [0, 0.05) is 0 Å². The number of nitrogens with one attached hydrogen (secondary N) is 1. The summed E-state index contributed by atoms with van der Waals surface area (Å²) in [5.74, 6) is -0.933. The van der Waals surface area contributed by atoms with Crippen molar-refractivity contribution in [3.63, 3.8) is 0 Å². The third kappa shape index (κ3) is 3.51. The highest BCUT2D eigenvalue weighted by molar-refractivity contribution is 5.95. The molecule has 0 bridgehead atoms. The topological polar surface area (TPSA) is 88.5 Å². The number of amides is 1. The zero-order valence-electron chi connectivity index (χ0n) is 12.3. The van der Waals surface area contributed by atoms with Crippen LogP contribution in [0.3, 0.4) is 0 Å². The molecule has 0 radical (unpaired) electrons. The van der Waals surface area contributed by atoms with E-state index >= 15 is 0 Å². The molecule has 1 aromatic rings. The van der Waals surface area contributed by atoms with Crippen molar-refractivity contribution in [1.29, 1.82) is 0 Å². The second-order valence-electron chi connectivity index (χ2n) is 5.30. The third-order valence-corrected chi connectivity index (χ3v) is 3.79. The summed E-state index contributed by atoms with van der Waals surface area (Å²) >= 11 is 0. The van der Waals surface area contributed by atoms with Gasteiger partial charge in [-0.25, -0.2) is 9.78 Å². The largest absolute Gasteiger partial charge is 0.492 e. The Morgan fingerprint density at radius 3 is 2.95 bits per heavy atom. The van der Waals surface area contributed by atoms with E-state index in [9.17, 15) is 14.7 Å². The molecule has 0 aromatic carbocycles.